The lowest BCUT2D eigenvalue weighted by atomic mass is 10.0. The molecule has 2 aromatic carbocycles. The molecule has 1 heterocycles. The molecule has 0 aliphatic rings. The number of benzene rings is 2. The number of ether oxygens (including phenoxy) is 1. The molecule has 0 fully saturated rings. The highest BCUT2D eigenvalue weighted by atomic mass is 19.1. The summed E-state index contributed by atoms with van der Waals surface area (Å²) in [6.07, 6.45) is 4.06. The summed E-state index contributed by atoms with van der Waals surface area (Å²) in [5.74, 6) is -0.172. The fraction of sp³-hybridized carbons (Fsp3) is 0.273. The van der Waals surface area contributed by atoms with Crippen LogP contribution in [0.25, 0.3) is 23.1 Å². The second kappa shape index (κ2) is 8.45. The number of carbonyl (C=O) groups excluding carboxylic acids is 1. The number of H-pyrrole nitrogens is 1. The molecule has 0 radical (unpaired) electrons. The summed E-state index contributed by atoms with van der Waals surface area (Å²) in [4.78, 5) is 12.6. The second-order valence-corrected chi connectivity index (χ2v) is 7.38. The first-order valence-electron chi connectivity index (χ1n) is 9.28. The van der Waals surface area contributed by atoms with Gasteiger partial charge in [0.2, 0.25) is 0 Å². The van der Waals surface area contributed by atoms with E-state index in [0.717, 1.165) is 5.56 Å². The first-order chi connectivity index (χ1) is 13.8. The SMILES string of the molecule is COc1c(C(=O)NCCC(C)(C)O)ccc2n[nH]c(/C=C/c3ccc(F)cc3)c12. The van der Waals surface area contributed by atoms with Crippen LogP contribution in [0.4, 0.5) is 4.39 Å². The van der Waals surface area contributed by atoms with Gasteiger partial charge in [0.1, 0.15) is 11.6 Å². The van der Waals surface area contributed by atoms with Crippen LogP contribution in [-0.2, 0) is 0 Å². The smallest absolute Gasteiger partial charge is 0.255 e. The van der Waals surface area contributed by atoms with Gasteiger partial charge in [-0.3, -0.25) is 9.89 Å². The van der Waals surface area contributed by atoms with Crippen molar-refractivity contribution >= 4 is 29.0 Å². The summed E-state index contributed by atoms with van der Waals surface area (Å²) in [6.45, 7) is 3.72. The van der Waals surface area contributed by atoms with E-state index in [-0.39, 0.29) is 11.7 Å². The van der Waals surface area contributed by atoms with E-state index in [1.807, 2.05) is 6.08 Å². The van der Waals surface area contributed by atoms with Gasteiger partial charge in [-0.25, -0.2) is 4.39 Å². The number of nitrogens with one attached hydrogen (secondary N) is 2. The van der Waals surface area contributed by atoms with Crippen molar-refractivity contribution in [3.8, 4) is 5.75 Å². The van der Waals surface area contributed by atoms with Gasteiger partial charge in [0.25, 0.3) is 5.91 Å². The molecule has 1 amide bonds. The van der Waals surface area contributed by atoms with Crippen LogP contribution < -0.4 is 10.1 Å². The van der Waals surface area contributed by atoms with E-state index in [9.17, 15) is 14.3 Å². The number of aromatic amines is 1. The fourth-order valence-electron chi connectivity index (χ4n) is 2.94. The number of fused-ring (bicyclic) bond motifs is 1. The van der Waals surface area contributed by atoms with E-state index in [4.69, 9.17) is 4.74 Å². The second-order valence-electron chi connectivity index (χ2n) is 7.38. The van der Waals surface area contributed by atoms with Gasteiger partial charge in [-0.1, -0.05) is 18.2 Å². The predicted molar refractivity (Wildman–Crippen MR) is 111 cm³/mol. The molecule has 1 aromatic heterocycles. The van der Waals surface area contributed by atoms with E-state index in [2.05, 4.69) is 15.5 Å². The highest BCUT2D eigenvalue weighted by molar-refractivity contribution is 6.05. The monoisotopic (exact) mass is 397 g/mol. The molecule has 0 aliphatic carbocycles. The van der Waals surface area contributed by atoms with Gasteiger partial charge < -0.3 is 15.2 Å². The van der Waals surface area contributed by atoms with Gasteiger partial charge in [0.15, 0.2) is 0 Å². The summed E-state index contributed by atoms with van der Waals surface area (Å²) in [5.41, 5.74) is 1.69. The predicted octanol–water partition coefficient (Wildman–Crippen LogP) is 3.77. The number of nitrogens with zero attached hydrogens (tertiary/aromatic N) is 1. The third-order valence-corrected chi connectivity index (χ3v) is 4.49. The molecular weight excluding hydrogens is 373 g/mol. The van der Waals surface area contributed by atoms with Crippen LogP contribution >= 0.6 is 0 Å². The Balaban J connectivity index is 1.90. The lowest BCUT2D eigenvalue weighted by Gasteiger charge is -2.17. The quantitative estimate of drug-likeness (QED) is 0.566. The summed E-state index contributed by atoms with van der Waals surface area (Å²) >= 11 is 0. The molecule has 0 unspecified atom stereocenters. The molecule has 29 heavy (non-hydrogen) atoms. The number of hydrogen-bond acceptors (Lipinski definition) is 4. The summed E-state index contributed by atoms with van der Waals surface area (Å²) in [6, 6.07) is 9.53. The van der Waals surface area contributed by atoms with Crippen LogP contribution in [0, 0.1) is 5.82 Å². The van der Waals surface area contributed by atoms with Gasteiger partial charge >= 0.3 is 0 Å². The molecule has 3 rings (SSSR count). The average molecular weight is 397 g/mol. The number of aliphatic hydroxyl groups is 1. The van der Waals surface area contributed by atoms with Crippen molar-refractivity contribution in [2.24, 2.45) is 0 Å². The Labute approximate surface area is 168 Å². The lowest BCUT2D eigenvalue weighted by molar-refractivity contribution is 0.0692. The van der Waals surface area contributed by atoms with E-state index >= 15 is 0 Å². The van der Waals surface area contributed by atoms with Crippen LogP contribution in [0.2, 0.25) is 0 Å². The molecule has 0 spiro atoms. The summed E-state index contributed by atoms with van der Waals surface area (Å²) < 4.78 is 18.6. The zero-order valence-corrected chi connectivity index (χ0v) is 16.6. The average Bonchev–Trinajstić information content (AvgIpc) is 3.09. The lowest BCUT2D eigenvalue weighted by Crippen LogP contribution is -2.30. The molecule has 0 bridgehead atoms. The normalized spacial score (nSPS) is 11.9. The zero-order chi connectivity index (χ0) is 21.0. The minimum absolute atomic E-state index is 0.289. The van der Waals surface area contributed by atoms with Crippen LogP contribution in [0.3, 0.4) is 0 Å². The van der Waals surface area contributed by atoms with Gasteiger partial charge in [-0.2, -0.15) is 5.10 Å². The van der Waals surface area contributed by atoms with E-state index in [0.29, 0.717) is 40.9 Å². The van der Waals surface area contributed by atoms with Crippen molar-refractivity contribution < 1.29 is 19.0 Å². The Bertz CT molecular complexity index is 1030. The molecule has 6 nitrogen and oxygen atoms in total. The number of hydrogen-bond donors (Lipinski definition) is 3. The van der Waals surface area contributed by atoms with Crippen molar-refractivity contribution in [1.82, 2.24) is 15.5 Å². The number of amides is 1. The van der Waals surface area contributed by atoms with Crippen molar-refractivity contribution in [2.45, 2.75) is 25.9 Å². The first kappa shape index (κ1) is 20.5. The number of rotatable bonds is 7. The van der Waals surface area contributed by atoms with Gasteiger partial charge in [-0.05, 0) is 56.2 Å². The van der Waals surface area contributed by atoms with Crippen molar-refractivity contribution in [3.63, 3.8) is 0 Å². The van der Waals surface area contributed by atoms with Crippen LogP contribution in [0.5, 0.6) is 5.75 Å². The Morgan fingerprint density at radius 2 is 1.97 bits per heavy atom. The van der Waals surface area contributed by atoms with Gasteiger partial charge in [0.05, 0.1) is 34.9 Å². The van der Waals surface area contributed by atoms with E-state index in [1.54, 1.807) is 44.2 Å². The minimum Gasteiger partial charge on any atom is -0.495 e. The van der Waals surface area contributed by atoms with Crippen molar-refractivity contribution in [2.75, 3.05) is 13.7 Å². The molecule has 0 saturated carbocycles. The van der Waals surface area contributed by atoms with Crippen molar-refractivity contribution in [1.29, 1.82) is 0 Å². The maximum Gasteiger partial charge on any atom is 0.255 e. The molecular formula is C22H24FN3O3. The largest absolute Gasteiger partial charge is 0.495 e. The van der Waals surface area contributed by atoms with Crippen LogP contribution in [0.15, 0.2) is 36.4 Å². The Kier molecular flexibility index (Phi) is 5.98. The van der Waals surface area contributed by atoms with E-state index < -0.39 is 5.60 Å². The van der Waals surface area contributed by atoms with Gasteiger partial charge in [-0.15, -0.1) is 0 Å². The molecule has 0 aliphatic heterocycles. The Morgan fingerprint density at radius 1 is 1.24 bits per heavy atom. The highest BCUT2D eigenvalue weighted by Gasteiger charge is 2.19. The summed E-state index contributed by atoms with van der Waals surface area (Å²) in [7, 11) is 1.50. The molecule has 0 atom stereocenters. The molecule has 0 saturated heterocycles. The third-order valence-electron chi connectivity index (χ3n) is 4.49. The number of carbonyl (C=O) groups is 1. The fourth-order valence-corrected chi connectivity index (χ4v) is 2.94. The van der Waals surface area contributed by atoms with E-state index in [1.165, 1.54) is 19.2 Å². The standard InChI is InChI=1S/C22H24FN3O3/c1-22(2,28)12-13-24-21(27)16-9-11-18-19(20(16)29-3)17(25-26-18)10-6-14-4-7-15(23)8-5-14/h4-11,28H,12-13H2,1-3H3,(H,24,27)(H,25,26)/b10-6+. The maximum absolute atomic E-state index is 13.1. The number of halogens is 1. The third kappa shape index (κ3) is 5.00. The van der Waals surface area contributed by atoms with Gasteiger partial charge in [0, 0.05) is 6.54 Å². The minimum atomic E-state index is -0.857. The molecule has 3 aromatic rings. The Hall–Kier alpha value is -3.19. The molecule has 3 N–H and O–H groups in total. The maximum atomic E-state index is 13.1. The first-order valence-corrected chi connectivity index (χ1v) is 9.28. The highest BCUT2D eigenvalue weighted by Crippen LogP contribution is 2.32. The number of methoxy groups -OCH3 is 1. The molecule has 7 heteroatoms. The molecule has 152 valence electrons. The number of aromatic nitrogens is 2. The van der Waals surface area contributed by atoms with Crippen molar-refractivity contribution in [3.05, 3.63) is 59.0 Å². The topological polar surface area (TPSA) is 87.2 Å². The summed E-state index contributed by atoms with van der Waals surface area (Å²) in [5, 5.41) is 20.5. The Morgan fingerprint density at radius 3 is 2.62 bits per heavy atom. The van der Waals surface area contributed by atoms with Crippen LogP contribution in [0.1, 0.15) is 41.9 Å². The van der Waals surface area contributed by atoms with Crippen LogP contribution in [-0.4, -0.2) is 40.5 Å². The zero-order valence-electron chi connectivity index (χ0n) is 16.6.